The quantitative estimate of drug-likeness (QED) is 0.743. The van der Waals surface area contributed by atoms with E-state index in [9.17, 15) is 15.0 Å². The summed E-state index contributed by atoms with van der Waals surface area (Å²) < 4.78 is 5.72. The zero-order valence-electron chi connectivity index (χ0n) is 15.1. The van der Waals surface area contributed by atoms with Crippen LogP contribution in [0.25, 0.3) is 0 Å². The Morgan fingerprint density at radius 3 is 2.48 bits per heavy atom. The number of phenolic OH excluding ortho intramolecular Hbond substituents is 1. The van der Waals surface area contributed by atoms with Crippen LogP contribution in [0.1, 0.15) is 24.8 Å². The van der Waals surface area contributed by atoms with Gasteiger partial charge in [-0.25, -0.2) is 0 Å². The highest BCUT2D eigenvalue weighted by Gasteiger charge is 2.41. The number of aliphatic carboxylic acids is 1. The van der Waals surface area contributed by atoms with Crippen molar-refractivity contribution in [1.82, 2.24) is 4.90 Å². The second-order valence-corrected chi connectivity index (χ2v) is 7.47. The molecule has 2 aromatic carbocycles. The predicted octanol–water partition coefficient (Wildman–Crippen LogP) is 4.18. The summed E-state index contributed by atoms with van der Waals surface area (Å²) in [5.41, 5.74) is 0.269. The average molecular weight is 390 g/mol. The summed E-state index contributed by atoms with van der Waals surface area (Å²) in [5.74, 6) is 0.0912. The molecular weight excluding hydrogens is 366 g/mol. The van der Waals surface area contributed by atoms with Gasteiger partial charge < -0.3 is 14.9 Å². The van der Waals surface area contributed by atoms with Gasteiger partial charge in [0.15, 0.2) is 0 Å². The average Bonchev–Trinajstić information content (AvgIpc) is 2.67. The highest BCUT2D eigenvalue weighted by Crippen LogP contribution is 2.36. The van der Waals surface area contributed by atoms with E-state index in [1.54, 1.807) is 12.1 Å². The highest BCUT2D eigenvalue weighted by molar-refractivity contribution is 6.32. The van der Waals surface area contributed by atoms with Gasteiger partial charge in [-0.1, -0.05) is 35.9 Å². The van der Waals surface area contributed by atoms with Crippen molar-refractivity contribution in [2.45, 2.75) is 25.8 Å². The number of hydrogen-bond acceptors (Lipinski definition) is 4. The van der Waals surface area contributed by atoms with E-state index in [-0.39, 0.29) is 5.75 Å². The summed E-state index contributed by atoms with van der Waals surface area (Å²) in [4.78, 5) is 14.2. The number of benzene rings is 2. The predicted molar refractivity (Wildman–Crippen MR) is 104 cm³/mol. The Bertz CT molecular complexity index is 773. The fraction of sp³-hybridized carbons (Fsp3) is 0.381. The van der Waals surface area contributed by atoms with Crippen molar-refractivity contribution in [3.05, 3.63) is 59.1 Å². The third kappa shape index (κ3) is 4.93. The van der Waals surface area contributed by atoms with E-state index in [1.807, 2.05) is 36.4 Å². The van der Waals surface area contributed by atoms with Crippen molar-refractivity contribution in [3.63, 3.8) is 0 Å². The molecule has 5 nitrogen and oxygen atoms in total. The second kappa shape index (κ2) is 8.63. The topological polar surface area (TPSA) is 70.0 Å². The number of halogens is 1. The third-order valence-electron chi connectivity index (χ3n) is 5.28. The zero-order valence-corrected chi connectivity index (χ0v) is 15.9. The van der Waals surface area contributed by atoms with Crippen LogP contribution in [0.4, 0.5) is 0 Å². The normalized spacial score (nSPS) is 16.8. The van der Waals surface area contributed by atoms with Gasteiger partial charge in [-0.15, -0.1) is 0 Å². The Morgan fingerprint density at radius 1 is 1.15 bits per heavy atom. The molecule has 1 aliphatic rings. The molecule has 6 heteroatoms. The van der Waals surface area contributed by atoms with Crippen LogP contribution in [0.2, 0.25) is 5.02 Å². The van der Waals surface area contributed by atoms with Crippen molar-refractivity contribution >= 4 is 17.6 Å². The third-order valence-corrected chi connectivity index (χ3v) is 5.58. The molecule has 2 aromatic rings. The number of phenols is 1. The smallest absolute Gasteiger partial charge is 0.309 e. The summed E-state index contributed by atoms with van der Waals surface area (Å²) in [6.45, 7) is 2.49. The number of carbonyl (C=O) groups is 1. The summed E-state index contributed by atoms with van der Waals surface area (Å²) in [6.07, 6.45) is 1.68. The Kier molecular flexibility index (Phi) is 6.24. The van der Waals surface area contributed by atoms with Crippen molar-refractivity contribution < 1.29 is 19.7 Å². The molecule has 1 fully saturated rings. The Balaban J connectivity index is 1.54. The lowest BCUT2D eigenvalue weighted by Gasteiger charge is -2.39. The van der Waals surface area contributed by atoms with Gasteiger partial charge in [0.2, 0.25) is 0 Å². The molecule has 144 valence electrons. The zero-order chi connectivity index (χ0) is 19.3. The van der Waals surface area contributed by atoms with Crippen LogP contribution < -0.4 is 4.74 Å². The lowest BCUT2D eigenvalue weighted by Crippen LogP contribution is -2.44. The molecule has 0 aliphatic carbocycles. The Morgan fingerprint density at radius 2 is 1.85 bits per heavy atom. The molecule has 0 aromatic heterocycles. The number of ether oxygens (including phenoxy) is 1. The molecule has 0 bridgehead atoms. The first-order valence-corrected chi connectivity index (χ1v) is 9.47. The molecule has 0 saturated carbocycles. The molecular formula is C21H24ClNO4. The van der Waals surface area contributed by atoms with Crippen LogP contribution in [-0.4, -0.2) is 40.8 Å². The molecule has 0 unspecified atom stereocenters. The first-order valence-electron chi connectivity index (χ1n) is 9.09. The molecule has 0 amide bonds. The van der Waals surface area contributed by atoms with Crippen molar-refractivity contribution in [2.24, 2.45) is 5.41 Å². The van der Waals surface area contributed by atoms with Crippen molar-refractivity contribution in [3.8, 4) is 11.5 Å². The number of carboxylic acids is 1. The molecule has 2 N–H and O–H groups in total. The summed E-state index contributed by atoms with van der Waals surface area (Å²) in [5, 5.41) is 19.7. The largest absolute Gasteiger partial charge is 0.506 e. The van der Waals surface area contributed by atoms with Gasteiger partial charge in [0.05, 0.1) is 17.0 Å². The fourth-order valence-electron chi connectivity index (χ4n) is 3.50. The van der Waals surface area contributed by atoms with Gasteiger partial charge >= 0.3 is 5.97 Å². The standard InChI is InChI=1S/C21H24ClNO4/c22-18-14-16(6-7-19(18)24)15-23-11-8-21(9-12-23,20(25)26)10-13-27-17-4-2-1-3-5-17/h1-7,14,24H,8-13,15H2,(H,25,26). The van der Waals surface area contributed by atoms with Gasteiger partial charge in [-0.2, -0.15) is 0 Å². The van der Waals surface area contributed by atoms with E-state index in [4.69, 9.17) is 16.3 Å². The number of hydrogen-bond donors (Lipinski definition) is 2. The lowest BCUT2D eigenvalue weighted by molar-refractivity contribution is -0.153. The van der Waals surface area contributed by atoms with E-state index in [2.05, 4.69) is 4.90 Å². The maximum Gasteiger partial charge on any atom is 0.309 e. The van der Waals surface area contributed by atoms with Crippen molar-refractivity contribution in [2.75, 3.05) is 19.7 Å². The van der Waals surface area contributed by atoms with E-state index >= 15 is 0 Å². The molecule has 0 atom stereocenters. The van der Waals surface area contributed by atoms with E-state index in [0.29, 0.717) is 50.5 Å². The van der Waals surface area contributed by atoms with Crippen LogP contribution in [0, 0.1) is 5.41 Å². The number of piperidine rings is 1. The Hall–Kier alpha value is -2.24. The van der Waals surface area contributed by atoms with Gasteiger partial charge in [-0.3, -0.25) is 9.69 Å². The van der Waals surface area contributed by atoms with Crippen LogP contribution >= 0.6 is 11.6 Å². The van der Waals surface area contributed by atoms with E-state index in [0.717, 1.165) is 11.3 Å². The molecule has 0 radical (unpaired) electrons. The molecule has 27 heavy (non-hydrogen) atoms. The minimum atomic E-state index is -0.744. The van der Waals surface area contributed by atoms with Crippen molar-refractivity contribution in [1.29, 1.82) is 0 Å². The number of likely N-dealkylation sites (tertiary alicyclic amines) is 1. The van der Waals surface area contributed by atoms with Crippen LogP contribution in [-0.2, 0) is 11.3 Å². The van der Waals surface area contributed by atoms with Gasteiger partial charge in [0, 0.05) is 6.54 Å². The molecule has 3 rings (SSSR count). The molecule has 1 saturated heterocycles. The second-order valence-electron chi connectivity index (χ2n) is 7.06. The summed E-state index contributed by atoms with van der Waals surface area (Å²) in [6, 6.07) is 14.6. The van der Waals surface area contributed by atoms with Gasteiger partial charge in [-0.05, 0) is 62.2 Å². The minimum absolute atomic E-state index is 0.0716. The summed E-state index contributed by atoms with van der Waals surface area (Å²) >= 11 is 5.97. The van der Waals surface area contributed by atoms with Crippen LogP contribution in [0.5, 0.6) is 11.5 Å². The highest BCUT2D eigenvalue weighted by atomic mass is 35.5. The summed E-state index contributed by atoms with van der Waals surface area (Å²) in [7, 11) is 0. The van der Waals surface area contributed by atoms with Gasteiger partial charge in [0.25, 0.3) is 0 Å². The first-order chi connectivity index (χ1) is 13.0. The number of aromatic hydroxyl groups is 1. The first kappa shape index (κ1) is 19.5. The SMILES string of the molecule is O=C(O)C1(CCOc2ccccc2)CCN(Cc2ccc(O)c(Cl)c2)CC1. The van der Waals surface area contributed by atoms with E-state index < -0.39 is 11.4 Å². The Labute approximate surface area is 164 Å². The van der Waals surface area contributed by atoms with E-state index in [1.165, 1.54) is 0 Å². The molecule has 0 spiro atoms. The molecule has 1 aliphatic heterocycles. The minimum Gasteiger partial charge on any atom is -0.506 e. The maximum atomic E-state index is 11.9. The monoisotopic (exact) mass is 389 g/mol. The van der Waals surface area contributed by atoms with Crippen LogP contribution in [0.3, 0.4) is 0 Å². The fourth-order valence-corrected chi connectivity index (χ4v) is 3.70. The maximum absolute atomic E-state index is 11.9. The number of rotatable bonds is 7. The number of nitrogens with zero attached hydrogens (tertiary/aromatic N) is 1. The number of para-hydroxylation sites is 1. The number of carboxylic acid groups (broad SMARTS) is 1. The van der Waals surface area contributed by atoms with Crippen LogP contribution in [0.15, 0.2) is 48.5 Å². The van der Waals surface area contributed by atoms with Gasteiger partial charge in [0.1, 0.15) is 11.5 Å². The lowest BCUT2D eigenvalue weighted by atomic mass is 9.76. The molecule has 1 heterocycles.